The lowest BCUT2D eigenvalue weighted by Crippen LogP contribution is -2.33. The molecule has 1 amide bonds. The number of piperidine rings is 1. The standard InChI is InChI=1S/C20H24N4O5S/c1-3-29-19(26)15-7-14(8-17(9-15)24(27)28)18(25)22-20-21-16(12-30-20)11-23-6-4-5-13(2)10-23/h7-9,12-13H,3-6,10-11H2,1-2H3,(H,21,22,25). The zero-order valence-corrected chi connectivity index (χ0v) is 17.7. The van der Waals surface area contributed by atoms with Crippen LogP contribution >= 0.6 is 11.3 Å². The minimum Gasteiger partial charge on any atom is -0.462 e. The van der Waals surface area contributed by atoms with E-state index >= 15 is 0 Å². The first kappa shape index (κ1) is 21.8. The molecule has 0 aliphatic carbocycles. The van der Waals surface area contributed by atoms with Crippen LogP contribution in [-0.4, -0.2) is 46.4 Å². The summed E-state index contributed by atoms with van der Waals surface area (Å²) in [5, 5.41) is 16.2. The van der Waals surface area contributed by atoms with Crippen LogP contribution < -0.4 is 5.32 Å². The van der Waals surface area contributed by atoms with Crippen LogP contribution in [0.15, 0.2) is 23.6 Å². The maximum Gasteiger partial charge on any atom is 0.338 e. The molecule has 3 rings (SSSR count). The number of benzene rings is 1. The van der Waals surface area contributed by atoms with Gasteiger partial charge >= 0.3 is 5.97 Å². The molecule has 1 aliphatic rings. The third-order valence-electron chi connectivity index (χ3n) is 4.80. The second-order valence-electron chi connectivity index (χ2n) is 7.33. The molecular formula is C20H24N4O5S. The molecule has 1 fully saturated rings. The molecule has 10 heteroatoms. The van der Waals surface area contributed by atoms with E-state index < -0.39 is 16.8 Å². The number of amides is 1. The van der Waals surface area contributed by atoms with Gasteiger partial charge in [-0.1, -0.05) is 6.92 Å². The number of aromatic nitrogens is 1. The van der Waals surface area contributed by atoms with Crippen molar-refractivity contribution in [2.45, 2.75) is 33.2 Å². The van der Waals surface area contributed by atoms with Crippen LogP contribution in [-0.2, 0) is 11.3 Å². The summed E-state index contributed by atoms with van der Waals surface area (Å²) in [6, 6.07) is 3.50. The Balaban J connectivity index is 1.71. The highest BCUT2D eigenvalue weighted by Gasteiger charge is 2.20. The quantitative estimate of drug-likeness (QED) is 0.403. The molecule has 0 saturated carbocycles. The largest absolute Gasteiger partial charge is 0.462 e. The Kier molecular flexibility index (Phi) is 7.11. The number of nitrogens with one attached hydrogen (secondary N) is 1. The number of esters is 1. The van der Waals surface area contributed by atoms with E-state index in [2.05, 4.69) is 22.1 Å². The summed E-state index contributed by atoms with van der Waals surface area (Å²) in [6.07, 6.45) is 2.41. The molecule has 1 saturated heterocycles. The summed E-state index contributed by atoms with van der Waals surface area (Å²) >= 11 is 1.30. The highest BCUT2D eigenvalue weighted by Crippen LogP contribution is 2.23. The second kappa shape index (κ2) is 9.77. The first-order valence-electron chi connectivity index (χ1n) is 9.80. The molecule has 0 spiro atoms. The van der Waals surface area contributed by atoms with Gasteiger partial charge in [-0.3, -0.25) is 25.1 Å². The van der Waals surface area contributed by atoms with Crippen LogP contribution in [0, 0.1) is 16.0 Å². The van der Waals surface area contributed by atoms with Crippen molar-refractivity contribution in [1.82, 2.24) is 9.88 Å². The van der Waals surface area contributed by atoms with E-state index in [1.54, 1.807) is 6.92 Å². The van der Waals surface area contributed by atoms with Crippen molar-refractivity contribution in [2.75, 3.05) is 25.0 Å². The number of thiazole rings is 1. The van der Waals surface area contributed by atoms with Crippen molar-refractivity contribution in [1.29, 1.82) is 0 Å². The summed E-state index contributed by atoms with van der Waals surface area (Å²) < 4.78 is 4.89. The molecule has 1 unspecified atom stereocenters. The molecule has 0 bridgehead atoms. The first-order chi connectivity index (χ1) is 14.4. The smallest absolute Gasteiger partial charge is 0.338 e. The molecule has 1 aromatic heterocycles. The Labute approximate surface area is 178 Å². The van der Waals surface area contributed by atoms with Crippen molar-refractivity contribution in [3.05, 3.63) is 50.5 Å². The summed E-state index contributed by atoms with van der Waals surface area (Å²) in [6.45, 7) is 6.79. The molecule has 1 aromatic carbocycles. The number of nitro benzene ring substituents is 1. The predicted octanol–water partition coefficient (Wildman–Crippen LogP) is 3.71. The number of hydrogen-bond donors (Lipinski definition) is 1. The molecule has 1 atom stereocenters. The molecular weight excluding hydrogens is 408 g/mol. The third kappa shape index (κ3) is 5.61. The Morgan fingerprint density at radius 2 is 2.13 bits per heavy atom. The van der Waals surface area contributed by atoms with Gasteiger partial charge in [-0.2, -0.15) is 0 Å². The van der Waals surface area contributed by atoms with E-state index in [0.29, 0.717) is 11.0 Å². The number of anilines is 1. The number of hydrogen-bond acceptors (Lipinski definition) is 8. The Morgan fingerprint density at radius 1 is 1.37 bits per heavy atom. The van der Waals surface area contributed by atoms with Gasteiger partial charge in [-0.15, -0.1) is 11.3 Å². The Hall–Kier alpha value is -2.85. The van der Waals surface area contributed by atoms with Crippen molar-refractivity contribution in [3.8, 4) is 0 Å². The molecule has 2 heterocycles. The zero-order chi connectivity index (χ0) is 21.7. The minimum absolute atomic E-state index is 0.00569. The summed E-state index contributed by atoms with van der Waals surface area (Å²) in [5.41, 5.74) is 0.463. The van der Waals surface area contributed by atoms with Gasteiger partial charge in [0.1, 0.15) is 0 Å². The predicted molar refractivity (Wildman–Crippen MR) is 113 cm³/mol. The lowest BCUT2D eigenvalue weighted by Gasteiger charge is -2.30. The van der Waals surface area contributed by atoms with Crippen molar-refractivity contribution < 1.29 is 19.2 Å². The van der Waals surface area contributed by atoms with Crippen molar-refractivity contribution >= 4 is 34.0 Å². The maximum absolute atomic E-state index is 12.6. The number of nitrogens with zero attached hydrogens (tertiary/aromatic N) is 3. The van der Waals surface area contributed by atoms with Gasteiger partial charge in [0.2, 0.25) is 0 Å². The summed E-state index contributed by atoms with van der Waals surface area (Å²) in [7, 11) is 0. The fraction of sp³-hybridized carbons (Fsp3) is 0.450. The van der Waals surface area contributed by atoms with Crippen LogP contribution in [0.2, 0.25) is 0 Å². The normalized spacial score (nSPS) is 16.8. The van der Waals surface area contributed by atoms with Gasteiger partial charge in [-0.05, 0) is 38.3 Å². The van der Waals surface area contributed by atoms with Crippen molar-refractivity contribution in [3.63, 3.8) is 0 Å². The van der Waals surface area contributed by atoms with E-state index in [9.17, 15) is 19.7 Å². The topological polar surface area (TPSA) is 115 Å². The lowest BCUT2D eigenvalue weighted by atomic mass is 10.0. The van der Waals surface area contributed by atoms with Gasteiger partial charge in [-0.25, -0.2) is 9.78 Å². The monoisotopic (exact) mass is 432 g/mol. The molecule has 160 valence electrons. The molecule has 0 radical (unpaired) electrons. The van der Waals surface area contributed by atoms with Crippen molar-refractivity contribution in [2.24, 2.45) is 5.92 Å². The number of nitro groups is 1. The van der Waals surface area contributed by atoms with Crippen LogP contribution in [0.4, 0.5) is 10.8 Å². The Bertz CT molecular complexity index is 945. The zero-order valence-electron chi connectivity index (χ0n) is 16.9. The molecule has 30 heavy (non-hydrogen) atoms. The van der Waals surface area contributed by atoms with E-state index in [0.717, 1.165) is 37.5 Å². The number of likely N-dealkylation sites (tertiary alicyclic amines) is 1. The van der Waals surface area contributed by atoms with E-state index in [1.165, 1.54) is 30.2 Å². The van der Waals surface area contributed by atoms with E-state index in [4.69, 9.17) is 4.74 Å². The highest BCUT2D eigenvalue weighted by molar-refractivity contribution is 7.14. The van der Waals surface area contributed by atoms with E-state index in [1.807, 2.05) is 5.38 Å². The van der Waals surface area contributed by atoms with Crippen LogP contribution in [0.25, 0.3) is 0 Å². The minimum atomic E-state index is -0.720. The van der Waals surface area contributed by atoms with Crippen LogP contribution in [0.5, 0.6) is 0 Å². The molecule has 2 aromatic rings. The van der Waals surface area contributed by atoms with Gasteiger partial charge in [0.05, 0.1) is 22.8 Å². The highest BCUT2D eigenvalue weighted by atomic mass is 32.1. The Morgan fingerprint density at radius 3 is 2.83 bits per heavy atom. The lowest BCUT2D eigenvalue weighted by molar-refractivity contribution is -0.384. The number of carbonyl (C=O) groups is 2. The van der Waals surface area contributed by atoms with Crippen LogP contribution in [0.3, 0.4) is 0 Å². The van der Waals surface area contributed by atoms with Gasteiger partial charge < -0.3 is 4.74 Å². The summed E-state index contributed by atoms with van der Waals surface area (Å²) in [4.78, 5) is 42.0. The SMILES string of the molecule is CCOC(=O)c1cc(C(=O)Nc2nc(CN3CCCC(C)C3)cs2)cc([N+](=O)[O-])c1. The number of carbonyl (C=O) groups excluding carboxylic acids is 2. The van der Waals surface area contributed by atoms with Crippen LogP contribution in [0.1, 0.15) is 53.1 Å². The first-order valence-corrected chi connectivity index (χ1v) is 10.7. The fourth-order valence-electron chi connectivity index (χ4n) is 3.45. The maximum atomic E-state index is 12.6. The number of non-ortho nitro benzene ring substituents is 1. The van der Waals surface area contributed by atoms with Gasteiger partial charge in [0.15, 0.2) is 5.13 Å². The number of rotatable bonds is 7. The third-order valence-corrected chi connectivity index (χ3v) is 5.61. The number of ether oxygens (including phenoxy) is 1. The molecule has 1 aliphatic heterocycles. The van der Waals surface area contributed by atoms with Gasteiger partial charge in [0, 0.05) is 36.2 Å². The average Bonchev–Trinajstić information content (AvgIpc) is 3.14. The fourth-order valence-corrected chi connectivity index (χ4v) is 4.14. The van der Waals surface area contributed by atoms with E-state index in [-0.39, 0.29) is 23.4 Å². The average molecular weight is 433 g/mol. The second-order valence-corrected chi connectivity index (χ2v) is 8.18. The summed E-state index contributed by atoms with van der Waals surface area (Å²) in [5.74, 6) is -0.627. The molecule has 9 nitrogen and oxygen atoms in total. The van der Waals surface area contributed by atoms with Gasteiger partial charge in [0.25, 0.3) is 11.6 Å². The molecule has 1 N–H and O–H groups in total.